The summed E-state index contributed by atoms with van der Waals surface area (Å²) in [4.78, 5) is 13.4. The number of aromatic carboxylic acids is 1. The van der Waals surface area contributed by atoms with E-state index in [1.807, 2.05) is 0 Å². The Hall–Kier alpha value is -1.81. The Morgan fingerprint density at radius 1 is 1.33 bits per heavy atom. The van der Waals surface area contributed by atoms with Crippen molar-refractivity contribution in [3.05, 3.63) is 58.1 Å². The number of H-pyrrole nitrogens is 1. The predicted octanol–water partition coefficient (Wildman–Crippen LogP) is 3.29. The molecule has 0 atom stereocenters. The molecule has 0 aliphatic heterocycles. The van der Waals surface area contributed by atoms with E-state index in [4.69, 9.17) is 16.7 Å². The van der Waals surface area contributed by atoms with Crippen LogP contribution >= 0.6 is 11.6 Å². The molecule has 0 spiro atoms. The molecule has 0 aliphatic rings. The van der Waals surface area contributed by atoms with Gasteiger partial charge in [-0.15, -0.1) is 0 Å². The van der Waals surface area contributed by atoms with Gasteiger partial charge in [-0.25, -0.2) is 9.18 Å². The van der Waals surface area contributed by atoms with Crippen LogP contribution in [0.3, 0.4) is 0 Å². The molecule has 0 unspecified atom stereocenters. The number of benzene rings is 1. The fourth-order valence-corrected chi connectivity index (χ4v) is 1.97. The average molecular weight is 268 g/mol. The van der Waals surface area contributed by atoms with E-state index in [0.717, 1.165) is 11.1 Å². The van der Waals surface area contributed by atoms with Crippen LogP contribution in [0.1, 0.15) is 21.6 Å². The highest BCUT2D eigenvalue weighted by molar-refractivity contribution is 6.31. The van der Waals surface area contributed by atoms with E-state index >= 15 is 0 Å². The summed E-state index contributed by atoms with van der Waals surface area (Å²) in [5.74, 6) is -1.35. The van der Waals surface area contributed by atoms with Crippen LogP contribution in [0.15, 0.2) is 30.5 Å². The van der Waals surface area contributed by atoms with Crippen molar-refractivity contribution in [3.63, 3.8) is 0 Å². The van der Waals surface area contributed by atoms with Crippen molar-refractivity contribution in [2.45, 2.75) is 12.8 Å². The van der Waals surface area contributed by atoms with E-state index in [-0.39, 0.29) is 11.5 Å². The molecular weight excluding hydrogens is 257 g/mol. The van der Waals surface area contributed by atoms with Crippen molar-refractivity contribution in [2.75, 3.05) is 0 Å². The number of aryl methyl sites for hydroxylation is 2. The second kappa shape index (κ2) is 5.23. The molecule has 3 nitrogen and oxygen atoms in total. The van der Waals surface area contributed by atoms with Gasteiger partial charge >= 0.3 is 5.97 Å². The molecule has 0 radical (unpaired) electrons. The maximum absolute atomic E-state index is 12.8. The molecule has 2 rings (SSSR count). The van der Waals surface area contributed by atoms with Crippen molar-refractivity contribution in [2.24, 2.45) is 0 Å². The Morgan fingerprint density at radius 2 is 2.11 bits per heavy atom. The van der Waals surface area contributed by atoms with Gasteiger partial charge in [0.1, 0.15) is 11.5 Å². The molecule has 0 fully saturated rings. The van der Waals surface area contributed by atoms with Crippen LogP contribution in [0, 0.1) is 5.82 Å². The van der Waals surface area contributed by atoms with E-state index < -0.39 is 5.97 Å². The minimum atomic E-state index is -0.985. The van der Waals surface area contributed by atoms with Gasteiger partial charge in [-0.05, 0) is 42.2 Å². The van der Waals surface area contributed by atoms with E-state index in [9.17, 15) is 9.18 Å². The SMILES string of the molecule is O=C(O)c1cc(CCc2ccc(F)cc2Cl)c[nH]1. The molecule has 2 N–H and O–H groups in total. The molecule has 18 heavy (non-hydrogen) atoms. The van der Waals surface area contributed by atoms with Gasteiger partial charge in [0.2, 0.25) is 0 Å². The van der Waals surface area contributed by atoms with E-state index in [1.165, 1.54) is 12.1 Å². The third kappa shape index (κ3) is 2.90. The number of carboxylic acid groups (broad SMARTS) is 1. The summed E-state index contributed by atoms with van der Waals surface area (Å²) in [6.07, 6.45) is 2.94. The van der Waals surface area contributed by atoms with Gasteiger partial charge in [-0.3, -0.25) is 0 Å². The van der Waals surface area contributed by atoms with E-state index in [0.29, 0.717) is 17.9 Å². The molecular formula is C13H11ClFNO2. The number of halogens is 2. The first-order valence-corrected chi connectivity index (χ1v) is 5.78. The van der Waals surface area contributed by atoms with Crippen LogP contribution in [-0.2, 0) is 12.8 Å². The first-order chi connectivity index (χ1) is 8.56. The monoisotopic (exact) mass is 267 g/mol. The van der Waals surface area contributed by atoms with Gasteiger partial charge < -0.3 is 10.1 Å². The number of hydrogen-bond donors (Lipinski definition) is 2. The molecule has 94 valence electrons. The van der Waals surface area contributed by atoms with Crippen LogP contribution < -0.4 is 0 Å². The average Bonchev–Trinajstić information content (AvgIpc) is 2.76. The molecule has 0 amide bonds. The number of nitrogens with one attached hydrogen (secondary N) is 1. The smallest absolute Gasteiger partial charge is 0.352 e. The first kappa shape index (κ1) is 12.6. The van der Waals surface area contributed by atoms with Gasteiger partial charge in [0.15, 0.2) is 0 Å². The maximum atomic E-state index is 12.8. The highest BCUT2D eigenvalue weighted by Crippen LogP contribution is 2.19. The lowest BCUT2D eigenvalue weighted by atomic mass is 10.1. The second-order valence-electron chi connectivity index (χ2n) is 3.96. The third-order valence-corrected chi connectivity index (χ3v) is 3.02. The number of aromatic nitrogens is 1. The Balaban J connectivity index is 2.04. The summed E-state index contributed by atoms with van der Waals surface area (Å²) in [5.41, 5.74) is 1.89. The minimum absolute atomic E-state index is 0.162. The molecule has 2 aromatic rings. The zero-order chi connectivity index (χ0) is 13.1. The van der Waals surface area contributed by atoms with Gasteiger partial charge in [-0.2, -0.15) is 0 Å². The van der Waals surface area contributed by atoms with E-state index in [1.54, 1.807) is 18.3 Å². The molecule has 1 aromatic carbocycles. The number of hydrogen-bond acceptors (Lipinski definition) is 1. The molecule has 0 aliphatic carbocycles. The summed E-state index contributed by atoms with van der Waals surface area (Å²) in [5, 5.41) is 9.16. The Kier molecular flexibility index (Phi) is 3.67. The normalized spacial score (nSPS) is 10.6. The lowest BCUT2D eigenvalue weighted by Crippen LogP contribution is -1.95. The van der Waals surface area contributed by atoms with Gasteiger partial charge in [0, 0.05) is 11.2 Å². The van der Waals surface area contributed by atoms with Crippen LogP contribution in [-0.4, -0.2) is 16.1 Å². The highest BCUT2D eigenvalue weighted by Gasteiger charge is 2.07. The maximum Gasteiger partial charge on any atom is 0.352 e. The van der Waals surface area contributed by atoms with E-state index in [2.05, 4.69) is 4.98 Å². The topological polar surface area (TPSA) is 53.1 Å². The fourth-order valence-electron chi connectivity index (χ4n) is 1.71. The number of carbonyl (C=O) groups is 1. The number of aromatic amines is 1. The largest absolute Gasteiger partial charge is 0.477 e. The summed E-state index contributed by atoms with van der Waals surface area (Å²) < 4.78 is 12.8. The zero-order valence-electron chi connectivity index (χ0n) is 9.41. The lowest BCUT2D eigenvalue weighted by molar-refractivity contribution is 0.0691. The molecule has 1 heterocycles. The fraction of sp³-hybridized carbons (Fsp3) is 0.154. The Morgan fingerprint density at radius 3 is 2.72 bits per heavy atom. The second-order valence-corrected chi connectivity index (χ2v) is 4.37. The van der Waals surface area contributed by atoms with Gasteiger partial charge in [0.05, 0.1) is 0 Å². The first-order valence-electron chi connectivity index (χ1n) is 5.41. The quantitative estimate of drug-likeness (QED) is 0.893. The number of rotatable bonds is 4. The third-order valence-electron chi connectivity index (χ3n) is 2.67. The Labute approximate surface area is 108 Å². The summed E-state index contributed by atoms with van der Waals surface area (Å²) in [6, 6.07) is 5.86. The summed E-state index contributed by atoms with van der Waals surface area (Å²) in [7, 11) is 0. The number of carboxylic acids is 1. The molecule has 0 saturated heterocycles. The van der Waals surface area contributed by atoms with Gasteiger partial charge in [-0.1, -0.05) is 17.7 Å². The van der Waals surface area contributed by atoms with Crippen molar-refractivity contribution in [3.8, 4) is 0 Å². The van der Waals surface area contributed by atoms with Crippen LogP contribution in [0.5, 0.6) is 0 Å². The van der Waals surface area contributed by atoms with Crippen molar-refractivity contribution < 1.29 is 14.3 Å². The standard InChI is InChI=1S/C13H11ClFNO2/c14-11-6-10(15)4-3-9(11)2-1-8-5-12(13(17)18)16-7-8/h3-7,16H,1-2H2,(H,17,18). The summed E-state index contributed by atoms with van der Waals surface area (Å²) in [6.45, 7) is 0. The Bertz CT molecular complexity index is 580. The highest BCUT2D eigenvalue weighted by atomic mass is 35.5. The molecule has 0 saturated carbocycles. The summed E-state index contributed by atoms with van der Waals surface area (Å²) >= 11 is 5.91. The van der Waals surface area contributed by atoms with Crippen LogP contribution in [0.25, 0.3) is 0 Å². The van der Waals surface area contributed by atoms with Crippen molar-refractivity contribution >= 4 is 17.6 Å². The zero-order valence-corrected chi connectivity index (χ0v) is 10.2. The van der Waals surface area contributed by atoms with Crippen LogP contribution in [0.2, 0.25) is 5.02 Å². The molecule has 5 heteroatoms. The lowest BCUT2D eigenvalue weighted by Gasteiger charge is -2.03. The predicted molar refractivity (Wildman–Crippen MR) is 66.6 cm³/mol. The van der Waals surface area contributed by atoms with Gasteiger partial charge in [0.25, 0.3) is 0 Å². The molecule has 1 aromatic heterocycles. The molecule has 0 bridgehead atoms. The van der Waals surface area contributed by atoms with Crippen molar-refractivity contribution in [1.29, 1.82) is 0 Å². The minimum Gasteiger partial charge on any atom is -0.477 e. The van der Waals surface area contributed by atoms with Crippen LogP contribution in [0.4, 0.5) is 4.39 Å². The van der Waals surface area contributed by atoms with Crippen molar-refractivity contribution in [1.82, 2.24) is 4.98 Å².